The molecule has 1 aromatic heterocycles. The van der Waals surface area contributed by atoms with Crippen molar-refractivity contribution in [3.05, 3.63) is 46.3 Å². The molecule has 24 heavy (non-hydrogen) atoms. The van der Waals surface area contributed by atoms with E-state index in [9.17, 15) is 23.3 Å². The molecule has 0 aliphatic carbocycles. The summed E-state index contributed by atoms with van der Waals surface area (Å²) in [6.45, 7) is 3.57. The third kappa shape index (κ3) is 4.09. The summed E-state index contributed by atoms with van der Waals surface area (Å²) >= 11 is 0. The Labute approximate surface area is 135 Å². The van der Waals surface area contributed by atoms with E-state index in [0.717, 1.165) is 18.5 Å². The minimum atomic E-state index is -4.45. The van der Waals surface area contributed by atoms with E-state index in [1.807, 2.05) is 0 Å². The molecule has 0 fully saturated rings. The maximum Gasteiger partial charge on any atom is 0.416 e. The summed E-state index contributed by atoms with van der Waals surface area (Å²) in [5, 5.41) is 16.8. The van der Waals surface area contributed by atoms with Gasteiger partial charge in [-0.1, -0.05) is 0 Å². The fraction of sp³-hybridized carbons (Fsp3) is 0.286. The first-order chi connectivity index (χ1) is 11.2. The minimum Gasteiger partial charge on any atom is -0.362 e. The summed E-state index contributed by atoms with van der Waals surface area (Å²) in [7, 11) is 0. The van der Waals surface area contributed by atoms with E-state index < -0.39 is 16.7 Å². The lowest BCUT2D eigenvalue weighted by molar-refractivity contribution is -0.383. The Morgan fingerprint density at radius 1 is 1.12 bits per heavy atom. The van der Waals surface area contributed by atoms with Gasteiger partial charge in [0, 0.05) is 11.7 Å². The van der Waals surface area contributed by atoms with Gasteiger partial charge in [-0.15, -0.1) is 0 Å². The number of benzene rings is 1. The van der Waals surface area contributed by atoms with Crippen molar-refractivity contribution in [2.75, 3.05) is 10.6 Å². The van der Waals surface area contributed by atoms with Gasteiger partial charge in [-0.3, -0.25) is 10.1 Å². The summed E-state index contributed by atoms with van der Waals surface area (Å²) in [4.78, 5) is 18.3. The van der Waals surface area contributed by atoms with E-state index in [-0.39, 0.29) is 29.1 Å². The maximum atomic E-state index is 12.6. The van der Waals surface area contributed by atoms with Gasteiger partial charge in [0.15, 0.2) is 0 Å². The standard InChI is InChI=1S/C14H14F3N5O2/c1-8(2)20-12-11(22(23)24)13(19-7-18-12)21-10-5-3-9(4-6-10)14(15,16)17/h3-8H,1-2H3,(H2,18,19,20,21). The molecule has 0 bridgehead atoms. The van der Waals surface area contributed by atoms with Crippen molar-refractivity contribution in [2.45, 2.75) is 26.1 Å². The van der Waals surface area contributed by atoms with Crippen LogP contribution in [0.1, 0.15) is 19.4 Å². The molecule has 128 valence electrons. The van der Waals surface area contributed by atoms with Crippen LogP contribution in [-0.4, -0.2) is 20.9 Å². The Morgan fingerprint density at radius 3 is 2.21 bits per heavy atom. The van der Waals surface area contributed by atoms with Crippen LogP contribution >= 0.6 is 0 Å². The average molecular weight is 341 g/mol. The molecular formula is C14H14F3N5O2. The molecule has 0 unspecified atom stereocenters. The van der Waals surface area contributed by atoms with Crippen LogP contribution in [-0.2, 0) is 6.18 Å². The van der Waals surface area contributed by atoms with Gasteiger partial charge in [0.05, 0.1) is 10.5 Å². The van der Waals surface area contributed by atoms with Gasteiger partial charge >= 0.3 is 11.9 Å². The molecule has 2 aromatic rings. The zero-order valence-electron chi connectivity index (χ0n) is 12.8. The van der Waals surface area contributed by atoms with Crippen LogP contribution in [0.4, 0.5) is 36.2 Å². The van der Waals surface area contributed by atoms with Crippen molar-refractivity contribution in [2.24, 2.45) is 0 Å². The Morgan fingerprint density at radius 2 is 1.71 bits per heavy atom. The molecule has 0 spiro atoms. The van der Waals surface area contributed by atoms with Gasteiger partial charge < -0.3 is 10.6 Å². The molecule has 0 aliphatic rings. The molecule has 0 atom stereocenters. The number of alkyl halides is 3. The number of aromatic nitrogens is 2. The number of nitrogens with one attached hydrogen (secondary N) is 2. The van der Waals surface area contributed by atoms with Crippen molar-refractivity contribution in [3.63, 3.8) is 0 Å². The first-order valence-electron chi connectivity index (χ1n) is 6.88. The molecule has 0 aliphatic heterocycles. The highest BCUT2D eigenvalue weighted by Gasteiger charge is 2.30. The largest absolute Gasteiger partial charge is 0.416 e. The third-order valence-corrected chi connectivity index (χ3v) is 2.91. The minimum absolute atomic E-state index is 0.0272. The lowest BCUT2D eigenvalue weighted by Crippen LogP contribution is -2.14. The molecule has 0 saturated heterocycles. The van der Waals surface area contributed by atoms with E-state index in [4.69, 9.17) is 0 Å². The average Bonchev–Trinajstić information content (AvgIpc) is 2.46. The number of hydrogen-bond acceptors (Lipinski definition) is 6. The second-order valence-corrected chi connectivity index (χ2v) is 5.18. The third-order valence-electron chi connectivity index (χ3n) is 2.91. The lowest BCUT2D eigenvalue weighted by atomic mass is 10.2. The monoisotopic (exact) mass is 341 g/mol. The van der Waals surface area contributed by atoms with Crippen LogP contribution < -0.4 is 10.6 Å². The second-order valence-electron chi connectivity index (χ2n) is 5.18. The van der Waals surface area contributed by atoms with E-state index in [2.05, 4.69) is 20.6 Å². The van der Waals surface area contributed by atoms with Gasteiger partial charge in [0.2, 0.25) is 11.6 Å². The van der Waals surface area contributed by atoms with Crippen LogP contribution in [0, 0.1) is 10.1 Å². The molecule has 2 rings (SSSR count). The summed E-state index contributed by atoms with van der Waals surface area (Å²) in [6, 6.07) is 4.00. The van der Waals surface area contributed by atoms with Crippen molar-refractivity contribution in [1.29, 1.82) is 0 Å². The van der Waals surface area contributed by atoms with Gasteiger partial charge in [0.1, 0.15) is 6.33 Å². The smallest absolute Gasteiger partial charge is 0.362 e. The molecule has 7 nitrogen and oxygen atoms in total. The van der Waals surface area contributed by atoms with E-state index in [1.165, 1.54) is 12.1 Å². The van der Waals surface area contributed by atoms with Crippen LogP contribution in [0.15, 0.2) is 30.6 Å². The first kappa shape index (κ1) is 17.4. The Bertz CT molecular complexity index is 732. The lowest BCUT2D eigenvalue weighted by Gasteiger charge is -2.12. The van der Waals surface area contributed by atoms with Crippen molar-refractivity contribution >= 4 is 23.0 Å². The van der Waals surface area contributed by atoms with Gasteiger partial charge in [0.25, 0.3) is 0 Å². The van der Waals surface area contributed by atoms with E-state index in [1.54, 1.807) is 13.8 Å². The fourth-order valence-corrected chi connectivity index (χ4v) is 1.90. The SMILES string of the molecule is CC(C)Nc1ncnc(Nc2ccc(C(F)(F)F)cc2)c1[N+](=O)[O-]. The number of halogens is 3. The topological polar surface area (TPSA) is 93.0 Å². The molecular weight excluding hydrogens is 327 g/mol. The molecule has 0 amide bonds. The zero-order valence-corrected chi connectivity index (χ0v) is 12.8. The van der Waals surface area contributed by atoms with Crippen LogP contribution in [0.25, 0.3) is 0 Å². The summed E-state index contributed by atoms with van der Waals surface area (Å²) in [6.07, 6.45) is -3.32. The van der Waals surface area contributed by atoms with Gasteiger partial charge in [-0.05, 0) is 38.1 Å². The quantitative estimate of drug-likeness (QED) is 0.631. The summed E-state index contributed by atoms with van der Waals surface area (Å²) in [5.41, 5.74) is -0.959. The second kappa shape index (κ2) is 6.69. The predicted molar refractivity (Wildman–Crippen MR) is 82.2 cm³/mol. The van der Waals surface area contributed by atoms with Crippen LogP contribution in [0.5, 0.6) is 0 Å². The van der Waals surface area contributed by atoms with Crippen molar-refractivity contribution in [3.8, 4) is 0 Å². The normalized spacial score (nSPS) is 11.4. The first-order valence-corrected chi connectivity index (χ1v) is 6.88. The fourth-order valence-electron chi connectivity index (χ4n) is 1.90. The Balaban J connectivity index is 2.34. The van der Waals surface area contributed by atoms with Crippen LogP contribution in [0.3, 0.4) is 0 Å². The van der Waals surface area contributed by atoms with Gasteiger partial charge in [-0.2, -0.15) is 13.2 Å². The molecule has 0 saturated carbocycles. The highest BCUT2D eigenvalue weighted by Crippen LogP contribution is 2.33. The number of nitrogens with zero attached hydrogens (tertiary/aromatic N) is 3. The predicted octanol–water partition coefficient (Wildman–Crippen LogP) is 3.97. The van der Waals surface area contributed by atoms with Crippen molar-refractivity contribution in [1.82, 2.24) is 9.97 Å². The summed E-state index contributed by atoms with van der Waals surface area (Å²) in [5.74, 6) is -0.0858. The van der Waals surface area contributed by atoms with Crippen molar-refractivity contribution < 1.29 is 18.1 Å². The summed E-state index contributed by atoms with van der Waals surface area (Å²) < 4.78 is 37.7. The number of anilines is 3. The maximum absolute atomic E-state index is 12.6. The highest BCUT2D eigenvalue weighted by atomic mass is 19.4. The van der Waals surface area contributed by atoms with Gasteiger partial charge in [-0.25, -0.2) is 9.97 Å². The molecule has 1 heterocycles. The number of nitro groups is 1. The highest BCUT2D eigenvalue weighted by molar-refractivity contribution is 5.73. The number of rotatable bonds is 5. The molecule has 10 heteroatoms. The van der Waals surface area contributed by atoms with E-state index in [0.29, 0.717) is 0 Å². The van der Waals surface area contributed by atoms with Crippen LogP contribution in [0.2, 0.25) is 0 Å². The molecule has 0 radical (unpaired) electrons. The molecule has 2 N–H and O–H groups in total. The van der Waals surface area contributed by atoms with E-state index >= 15 is 0 Å². The number of hydrogen-bond donors (Lipinski definition) is 2. The molecule has 1 aromatic carbocycles. The Kier molecular flexibility index (Phi) is 4.86. The Hall–Kier alpha value is -2.91. The zero-order chi connectivity index (χ0) is 17.9.